The number of carbonyl (C=O) groups excluding carboxylic acids is 1. The van der Waals surface area contributed by atoms with Crippen molar-refractivity contribution in [2.75, 3.05) is 32.8 Å². The van der Waals surface area contributed by atoms with Gasteiger partial charge in [-0.05, 0) is 30.5 Å². The molecule has 1 aliphatic heterocycles. The van der Waals surface area contributed by atoms with Gasteiger partial charge in [-0.25, -0.2) is 4.39 Å². The fraction of sp³-hybridized carbons (Fsp3) is 0.611. The fourth-order valence-electron chi connectivity index (χ4n) is 2.90. The third-order valence-electron chi connectivity index (χ3n) is 4.85. The molecule has 0 aliphatic carbocycles. The van der Waals surface area contributed by atoms with Crippen molar-refractivity contribution >= 4 is 30.7 Å². The van der Waals surface area contributed by atoms with Crippen LogP contribution in [0.4, 0.5) is 4.39 Å². The van der Waals surface area contributed by atoms with E-state index in [1.165, 1.54) is 12.1 Å². The summed E-state index contributed by atoms with van der Waals surface area (Å²) in [6.45, 7) is 6.87. The number of amides is 1. The molecule has 8 heteroatoms. The Bertz CT molecular complexity index is 553. The number of nitrogens with one attached hydrogen (secondary N) is 1. The summed E-state index contributed by atoms with van der Waals surface area (Å²) < 4.78 is 19.0. The number of hydrogen-bond donors (Lipinski definition) is 2. The Kier molecular flexibility index (Phi) is 11.3. The first-order valence-corrected chi connectivity index (χ1v) is 8.63. The molecule has 1 aromatic rings. The zero-order chi connectivity index (χ0) is 17.6. The lowest BCUT2D eigenvalue weighted by Gasteiger charge is -2.35. The minimum absolute atomic E-state index is 0. The van der Waals surface area contributed by atoms with Gasteiger partial charge in [-0.1, -0.05) is 26.0 Å². The number of benzene rings is 1. The maximum absolute atomic E-state index is 13.6. The van der Waals surface area contributed by atoms with Gasteiger partial charge >= 0.3 is 0 Å². The zero-order valence-electron chi connectivity index (χ0n) is 15.4. The number of nitrogens with zero attached hydrogens (tertiary/aromatic N) is 1. The molecule has 1 atom stereocenters. The Hall–Kier alpha value is -0.920. The number of ether oxygens (including phenoxy) is 1. The van der Waals surface area contributed by atoms with Crippen molar-refractivity contribution in [3.8, 4) is 0 Å². The van der Waals surface area contributed by atoms with Gasteiger partial charge in [-0.2, -0.15) is 0 Å². The summed E-state index contributed by atoms with van der Waals surface area (Å²) >= 11 is 0. The molecule has 1 unspecified atom stereocenters. The highest BCUT2D eigenvalue weighted by molar-refractivity contribution is 5.85. The van der Waals surface area contributed by atoms with Crippen LogP contribution in [0.2, 0.25) is 0 Å². The van der Waals surface area contributed by atoms with Crippen LogP contribution in [0.25, 0.3) is 0 Å². The maximum Gasteiger partial charge on any atom is 0.242 e. The quantitative estimate of drug-likeness (QED) is 0.726. The van der Waals surface area contributed by atoms with Crippen LogP contribution in [0.15, 0.2) is 24.3 Å². The van der Waals surface area contributed by atoms with E-state index in [9.17, 15) is 9.18 Å². The Morgan fingerprint density at radius 3 is 2.46 bits per heavy atom. The summed E-state index contributed by atoms with van der Waals surface area (Å²) in [5.41, 5.74) is 6.53. The van der Waals surface area contributed by atoms with Crippen molar-refractivity contribution in [3.63, 3.8) is 0 Å². The molecule has 1 aliphatic rings. The van der Waals surface area contributed by atoms with Gasteiger partial charge in [0.25, 0.3) is 0 Å². The Morgan fingerprint density at radius 1 is 1.31 bits per heavy atom. The number of morpholine rings is 1. The molecular formula is C18H30Cl2FN3O2. The molecule has 150 valence electrons. The lowest BCUT2D eigenvalue weighted by molar-refractivity contribution is -0.128. The van der Waals surface area contributed by atoms with Crippen molar-refractivity contribution in [3.05, 3.63) is 35.6 Å². The molecule has 0 saturated carbocycles. The second-order valence-electron chi connectivity index (χ2n) is 6.39. The molecule has 1 fully saturated rings. The number of rotatable bonds is 7. The molecule has 0 aromatic heterocycles. The molecule has 1 heterocycles. The molecule has 3 N–H and O–H groups in total. The Morgan fingerprint density at radius 2 is 1.92 bits per heavy atom. The van der Waals surface area contributed by atoms with E-state index in [-0.39, 0.29) is 36.5 Å². The third kappa shape index (κ3) is 6.67. The predicted octanol–water partition coefficient (Wildman–Crippen LogP) is 2.68. The number of halogens is 3. The lowest BCUT2D eigenvalue weighted by Crippen LogP contribution is -2.52. The highest BCUT2D eigenvalue weighted by Gasteiger charge is 2.31. The molecule has 0 bridgehead atoms. The van der Waals surface area contributed by atoms with E-state index >= 15 is 0 Å². The van der Waals surface area contributed by atoms with Crippen molar-refractivity contribution in [2.24, 2.45) is 5.73 Å². The smallest absolute Gasteiger partial charge is 0.242 e. The lowest BCUT2D eigenvalue weighted by atomic mass is 9.94. The normalized spacial score (nSPS) is 16.2. The number of carbonyl (C=O) groups is 1. The van der Waals surface area contributed by atoms with Gasteiger partial charge in [0, 0.05) is 25.2 Å². The molecule has 1 amide bonds. The summed E-state index contributed by atoms with van der Waals surface area (Å²) in [6, 6.07) is 5.71. The first kappa shape index (κ1) is 25.1. The van der Waals surface area contributed by atoms with Gasteiger partial charge in [0.15, 0.2) is 0 Å². The van der Waals surface area contributed by atoms with Crippen LogP contribution in [0.1, 0.15) is 38.3 Å². The standard InChI is InChI=1S/C18H28FN3O2.2ClH/c1-3-18(20,4-2)13-21-17(23)16(22-8-10-24-11-9-22)14-6-5-7-15(19)12-14;;/h5-7,12,16H,3-4,8-11,13,20H2,1-2H3,(H,21,23);2*1H. The van der Waals surface area contributed by atoms with Gasteiger partial charge in [0.2, 0.25) is 5.91 Å². The first-order valence-electron chi connectivity index (χ1n) is 8.63. The minimum atomic E-state index is -0.525. The SMILES string of the molecule is CCC(N)(CC)CNC(=O)C(c1cccc(F)c1)N1CCOCC1.Cl.Cl. The molecular weight excluding hydrogens is 380 g/mol. The average molecular weight is 410 g/mol. The van der Waals surface area contributed by atoms with Gasteiger partial charge in [0.05, 0.1) is 13.2 Å². The van der Waals surface area contributed by atoms with Crippen molar-refractivity contribution < 1.29 is 13.9 Å². The van der Waals surface area contributed by atoms with Crippen LogP contribution in [0.5, 0.6) is 0 Å². The number of nitrogens with two attached hydrogens (primary N) is 1. The molecule has 5 nitrogen and oxygen atoms in total. The average Bonchev–Trinajstić information content (AvgIpc) is 2.61. The van der Waals surface area contributed by atoms with E-state index in [4.69, 9.17) is 10.5 Å². The van der Waals surface area contributed by atoms with Crippen LogP contribution >= 0.6 is 24.8 Å². The van der Waals surface area contributed by atoms with Crippen molar-refractivity contribution in [1.29, 1.82) is 0 Å². The van der Waals surface area contributed by atoms with Crippen molar-refractivity contribution in [2.45, 2.75) is 38.3 Å². The van der Waals surface area contributed by atoms with Crippen LogP contribution < -0.4 is 11.1 Å². The third-order valence-corrected chi connectivity index (χ3v) is 4.85. The zero-order valence-corrected chi connectivity index (χ0v) is 17.0. The monoisotopic (exact) mass is 409 g/mol. The maximum atomic E-state index is 13.6. The minimum Gasteiger partial charge on any atom is -0.379 e. The van der Waals surface area contributed by atoms with E-state index in [0.29, 0.717) is 38.4 Å². The van der Waals surface area contributed by atoms with Crippen LogP contribution in [-0.4, -0.2) is 49.2 Å². The fourth-order valence-corrected chi connectivity index (χ4v) is 2.90. The molecule has 26 heavy (non-hydrogen) atoms. The first-order chi connectivity index (χ1) is 11.5. The Balaban J connectivity index is 0.00000312. The molecule has 1 aromatic carbocycles. The summed E-state index contributed by atoms with van der Waals surface area (Å²) in [6.07, 6.45) is 1.57. The molecule has 2 rings (SSSR count). The van der Waals surface area contributed by atoms with Crippen LogP contribution in [0.3, 0.4) is 0 Å². The second-order valence-corrected chi connectivity index (χ2v) is 6.39. The van der Waals surface area contributed by atoms with Gasteiger partial charge in [0.1, 0.15) is 11.9 Å². The second kappa shape index (κ2) is 11.7. The van der Waals surface area contributed by atoms with E-state index in [2.05, 4.69) is 5.32 Å². The van der Waals surface area contributed by atoms with Crippen molar-refractivity contribution in [1.82, 2.24) is 10.2 Å². The van der Waals surface area contributed by atoms with Gasteiger partial charge in [-0.15, -0.1) is 24.8 Å². The van der Waals surface area contributed by atoms with E-state index in [0.717, 1.165) is 12.8 Å². The topological polar surface area (TPSA) is 67.6 Å². The summed E-state index contributed by atoms with van der Waals surface area (Å²) in [7, 11) is 0. The van der Waals surface area contributed by atoms with E-state index in [1.54, 1.807) is 12.1 Å². The summed E-state index contributed by atoms with van der Waals surface area (Å²) in [5.74, 6) is -0.479. The molecule has 0 spiro atoms. The molecule has 1 saturated heterocycles. The highest BCUT2D eigenvalue weighted by Crippen LogP contribution is 2.23. The number of hydrogen-bond acceptors (Lipinski definition) is 4. The summed E-state index contributed by atoms with van der Waals surface area (Å²) in [4.78, 5) is 14.9. The largest absolute Gasteiger partial charge is 0.379 e. The summed E-state index contributed by atoms with van der Waals surface area (Å²) in [5, 5.41) is 2.97. The Labute approximate surface area is 167 Å². The highest BCUT2D eigenvalue weighted by atomic mass is 35.5. The van der Waals surface area contributed by atoms with E-state index in [1.807, 2.05) is 18.7 Å². The van der Waals surface area contributed by atoms with Crippen LogP contribution in [0, 0.1) is 5.82 Å². The molecule has 0 radical (unpaired) electrons. The van der Waals surface area contributed by atoms with Crippen LogP contribution in [-0.2, 0) is 9.53 Å². The van der Waals surface area contributed by atoms with Gasteiger partial charge in [-0.3, -0.25) is 9.69 Å². The van der Waals surface area contributed by atoms with E-state index < -0.39 is 11.6 Å². The van der Waals surface area contributed by atoms with Gasteiger partial charge < -0.3 is 15.8 Å². The predicted molar refractivity (Wildman–Crippen MR) is 107 cm³/mol.